The van der Waals surface area contributed by atoms with E-state index in [0.29, 0.717) is 12.5 Å². The molecule has 0 aliphatic heterocycles. The number of carbonyl (C=O) groups excluding carboxylic acids is 1. The highest BCUT2D eigenvalue weighted by Gasteiger charge is 2.22. The van der Waals surface area contributed by atoms with Crippen molar-refractivity contribution in [1.29, 1.82) is 0 Å². The number of aryl methyl sites for hydroxylation is 1. The van der Waals surface area contributed by atoms with Gasteiger partial charge in [0.25, 0.3) is 0 Å². The van der Waals surface area contributed by atoms with Gasteiger partial charge in [0.1, 0.15) is 0 Å². The number of carbonyl (C=O) groups is 1. The van der Waals surface area contributed by atoms with E-state index >= 15 is 0 Å². The summed E-state index contributed by atoms with van der Waals surface area (Å²) in [5.41, 5.74) is 4.98. The molecule has 2 amide bonds. The fourth-order valence-corrected chi connectivity index (χ4v) is 3.22. The van der Waals surface area contributed by atoms with Gasteiger partial charge in [-0.25, -0.2) is 4.79 Å². The molecule has 1 aromatic carbocycles. The Kier molecular flexibility index (Phi) is 5.14. The SMILES string of the molecule is CC(C)c1ccc2c(c1)[C@H](NC(=O)NCc1cccnc1)CCC2. The maximum absolute atomic E-state index is 12.3. The summed E-state index contributed by atoms with van der Waals surface area (Å²) in [6, 6.07) is 10.5. The van der Waals surface area contributed by atoms with E-state index in [1.165, 1.54) is 16.7 Å². The molecule has 1 heterocycles. The van der Waals surface area contributed by atoms with Crippen molar-refractivity contribution >= 4 is 6.03 Å². The van der Waals surface area contributed by atoms with E-state index in [2.05, 4.69) is 47.7 Å². The number of urea groups is 1. The van der Waals surface area contributed by atoms with Crippen LogP contribution in [-0.4, -0.2) is 11.0 Å². The van der Waals surface area contributed by atoms with Gasteiger partial charge in [0.15, 0.2) is 0 Å². The van der Waals surface area contributed by atoms with Crippen LogP contribution in [0.3, 0.4) is 0 Å². The third-order valence-electron chi connectivity index (χ3n) is 4.63. The minimum absolute atomic E-state index is 0.0985. The second-order valence-corrected chi connectivity index (χ2v) is 6.75. The Morgan fingerprint density at radius 3 is 2.96 bits per heavy atom. The summed E-state index contributed by atoms with van der Waals surface area (Å²) >= 11 is 0. The Balaban J connectivity index is 1.65. The number of nitrogens with one attached hydrogen (secondary N) is 2. The van der Waals surface area contributed by atoms with Crippen LogP contribution < -0.4 is 10.6 Å². The van der Waals surface area contributed by atoms with Crippen LogP contribution in [0.1, 0.15) is 60.9 Å². The molecule has 1 aromatic heterocycles. The highest BCUT2D eigenvalue weighted by atomic mass is 16.2. The van der Waals surface area contributed by atoms with E-state index in [4.69, 9.17) is 0 Å². The van der Waals surface area contributed by atoms with Gasteiger partial charge in [-0.3, -0.25) is 4.98 Å². The van der Waals surface area contributed by atoms with Crippen molar-refractivity contribution < 1.29 is 4.79 Å². The molecule has 0 saturated heterocycles. The van der Waals surface area contributed by atoms with Gasteiger partial charge in [-0.1, -0.05) is 38.1 Å². The average molecular weight is 323 g/mol. The summed E-state index contributed by atoms with van der Waals surface area (Å²) in [7, 11) is 0. The first-order valence-electron chi connectivity index (χ1n) is 8.69. The lowest BCUT2D eigenvalue weighted by Gasteiger charge is -2.27. The number of benzene rings is 1. The van der Waals surface area contributed by atoms with Gasteiger partial charge in [0, 0.05) is 18.9 Å². The molecule has 1 aliphatic carbocycles. The number of hydrogen-bond acceptors (Lipinski definition) is 2. The molecule has 0 bridgehead atoms. The summed E-state index contributed by atoms with van der Waals surface area (Å²) in [6.07, 6.45) is 6.71. The molecule has 24 heavy (non-hydrogen) atoms. The monoisotopic (exact) mass is 323 g/mol. The summed E-state index contributed by atoms with van der Waals surface area (Å²) in [5.74, 6) is 0.497. The minimum Gasteiger partial charge on any atom is -0.334 e. The maximum atomic E-state index is 12.3. The van der Waals surface area contributed by atoms with Crippen molar-refractivity contribution in [1.82, 2.24) is 15.6 Å². The molecule has 1 atom stereocenters. The standard InChI is InChI=1S/C20H25N3O/c1-14(2)17-9-8-16-6-3-7-19(18(16)11-17)23-20(24)22-13-15-5-4-10-21-12-15/h4-5,8-12,14,19H,3,6-7,13H2,1-2H3,(H2,22,23,24)/t19-/m1/s1. The quantitative estimate of drug-likeness (QED) is 0.890. The van der Waals surface area contributed by atoms with Crippen LogP contribution in [-0.2, 0) is 13.0 Å². The largest absolute Gasteiger partial charge is 0.334 e. The summed E-state index contributed by atoms with van der Waals surface area (Å²) in [6.45, 7) is 4.90. The second kappa shape index (κ2) is 7.47. The van der Waals surface area contributed by atoms with Crippen LogP contribution in [0.15, 0.2) is 42.7 Å². The zero-order valence-corrected chi connectivity index (χ0v) is 14.4. The van der Waals surface area contributed by atoms with Crippen molar-refractivity contribution in [3.05, 3.63) is 65.0 Å². The normalized spacial score (nSPS) is 16.5. The van der Waals surface area contributed by atoms with Crippen molar-refractivity contribution in [3.63, 3.8) is 0 Å². The van der Waals surface area contributed by atoms with Gasteiger partial charge in [0.2, 0.25) is 0 Å². The van der Waals surface area contributed by atoms with Crippen LogP contribution in [0.4, 0.5) is 4.79 Å². The highest BCUT2D eigenvalue weighted by molar-refractivity contribution is 5.74. The average Bonchev–Trinajstić information content (AvgIpc) is 2.61. The van der Waals surface area contributed by atoms with Crippen molar-refractivity contribution in [2.75, 3.05) is 0 Å². The summed E-state index contributed by atoms with van der Waals surface area (Å²) in [4.78, 5) is 16.3. The lowest BCUT2D eigenvalue weighted by molar-refractivity contribution is 0.235. The first kappa shape index (κ1) is 16.5. The number of amides is 2. The molecule has 2 aromatic rings. The molecule has 1 aliphatic rings. The lowest BCUT2D eigenvalue weighted by Crippen LogP contribution is -2.38. The molecule has 4 nitrogen and oxygen atoms in total. The molecule has 126 valence electrons. The maximum Gasteiger partial charge on any atom is 0.315 e. The highest BCUT2D eigenvalue weighted by Crippen LogP contribution is 2.32. The minimum atomic E-state index is -0.119. The molecule has 0 spiro atoms. The number of rotatable bonds is 4. The number of aromatic nitrogens is 1. The lowest BCUT2D eigenvalue weighted by atomic mass is 9.85. The summed E-state index contributed by atoms with van der Waals surface area (Å²) in [5, 5.41) is 6.07. The Labute approximate surface area is 143 Å². The summed E-state index contributed by atoms with van der Waals surface area (Å²) < 4.78 is 0. The van der Waals surface area contributed by atoms with Crippen LogP contribution >= 0.6 is 0 Å². The third-order valence-corrected chi connectivity index (χ3v) is 4.63. The molecule has 0 fully saturated rings. The Bertz CT molecular complexity index is 697. The first-order valence-corrected chi connectivity index (χ1v) is 8.69. The van der Waals surface area contributed by atoms with E-state index in [1.807, 2.05) is 12.1 Å². The molecular weight excluding hydrogens is 298 g/mol. The molecule has 4 heteroatoms. The van der Waals surface area contributed by atoms with E-state index in [1.54, 1.807) is 12.4 Å². The van der Waals surface area contributed by atoms with E-state index in [9.17, 15) is 4.79 Å². The number of fused-ring (bicyclic) bond motifs is 1. The van der Waals surface area contributed by atoms with E-state index in [0.717, 1.165) is 24.8 Å². The van der Waals surface area contributed by atoms with Crippen molar-refractivity contribution in [2.24, 2.45) is 0 Å². The topological polar surface area (TPSA) is 54.0 Å². The molecular formula is C20H25N3O. The van der Waals surface area contributed by atoms with Gasteiger partial charge in [0.05, 0.1) is 6.04 Å². The molecule has 0 saturated carbocycles. The zero-order chi connectivity index (χ0) is 16.9. The van der Waals surface area contributed by atoms with E-state index < -0.39 is 0 Å². The van der Waals surface area contributed by atoms with Crippen LogP contribution in [0.25, 0.3) is 0 Å². The number of pyridine rings is 1. The molecule has 0 unspecified atom stereocenters. The van der Waals surface area contributed by atoms with Gasteiger partial charge in [-0.05, 0) is 53.5 Å². The van der Waals surface area contributed by atoms with Crippen molar-refractivity contribution in [3.8, 4) is 0 Å². The Hall–Kier alpha value is -2.36. The predicted molar refractivity (Wildman–Crippen MR) is 95.8 cm³/mol. The van der Waals surface area contributed by atoms with Gasteiger partial charge in [-0.2, -0.15) is 0 Å². The third kappa shape index (κ3) is 3.94. The second-order valence-electron chi connectivity index (χ2n) is 6.75. The number of hydrogen-bond donors (Lipinski definition) is 2. The molecule has 3 rings (SSSR count). The Morgan fingerprint density at radius 2 is 2.21 bits per heavy atom. The first-order chi connectivity index (χ1) is 11.6. The molecule has 2 N–H and O–H groups in total. The Morgan fingerprint density at radius 1 is 1.33 bits per heavy atom. The van der Waals surface area contributed by atoms with Gasteiger partial charge < -0.3 is 10.6 Å². The number of nitrogens with zero attached hydrogens (tertiary/aromatic N) is 1. The van der Waals surface area contributed by atoms with E-state index in [-0.39, 0.29) is 12.1 Å². The van der Waals surface area contributed by atoms with Gasteiger partial charge >= 0.3 is 6.03 Å². The van der Waals surface area contributed by atoms with Gasteiger partial charge in [-0.15, -0.1) is 0 Å². The smallest absolute Gasteiger partial charge is 0.315 e. The predicted octanol–water partition coefficient (Wildman–Crippen LogP) is 4.08. The van der Waals surface area contributed by atoms with Crippen molar-refractivity contribution in [2.45, 2.75) is 51.6 Å². The molecule has 0 radical (unpaired) electrons. The zero-order valence-electron chi connectivity index (χ0n) is 14.4. The fourth-order valence-electron chi connectivity index (χ4n) is 3.22. The van der Waals surface area contributed by atoms with Crippen LogP contribution in [0, 0.1) is 0 Å². The fraction of sp³-hybridized carbons (Fsp3) is 0.400. The van der Waals surface area contributed by atoms with Crippen LogP contribution in [0.2, 0.25) is 0 Å². The van der Waals surface area contributed by atoms with Crippen LogP contribution in [0.5, 0.6) is 0 Å².